The average Bonchev–Trinajstić information content (AvgIpc) is 3.15. The Bertz CT molecular complexity index is 1000. The van der Waals surface area contributed by atoms with Crippen LogP contribution in [0.25, 0.3) is 0 Å². The monoisotopic (exact) mass is 647 g/mol. The van der Waals surface area contributed by atoms with Crippen LogP contribution < -0.4 is 0 Å². The van der Waals surface area contributed by atoms with Gasteiger partial charge in [-0.2, -0.15) is 0 Å². The quantitative estimate of drug-likeness (QED) is 0.268. The lowest BCUT2D eigenvalue weighted by molar-refractivity contribution is -0.149. The van der Waals surface area contributed by atoms with Gasteiger partial charge in [0, 0.05) is 0 Å². The molecule has 1 saturated heterocycles. The second-order valence-electron chi connectivity index (χ2n) is 21.2. The van der Waals surface area contributed by atoms with Crippen LogP contribution in [0.3, 0.4) is 0 Å². The first-order valence-electron chi connectivity index (χ1n) is 22.5. The lowest BCUT2D eigenvalue weighted by atomic mass is 9.12. The number of hydrogen-bond donors (Lipinski definition) is 0. The molecule has 270 valence electrons. The molecule has 5 rings (SSSR count). The molecule has 1 aliphatic heterocycles. The van der Waals surface area contributed by atoms with Crippen molar-refractivity contribution in [1.82, 2.24) is 0 Å². The van der Waals surface area contributed by atoms with Crippen LogP contribution in [0.2, 0.25) is 17.5 Å². The van der Waals surface area contributed by atoms with Gasteiger partial charge in [0.05, 0.1) is 0 Å². The van der Waals surface area contributed by atoms with Gasteiger partial charge in [-0.3, -0.25) is 0 Å². The third-order valence-corrected chi connectivity index (χ3v) is 18.3. The van der Waals surface area contributed by atoms with E-state index in [0.29, 0.717) is 16.1 Å². The van der Waals surface area contributed by atoms with E-state index in [1.54, 1.807) is 51.4 Å². The summed E-state index contributed by atoms with van der Waals surface area (Å²) in [6.45, 7) is 25.5. The molecular weight excluding hydrogens is 563 g/mol. The summed E-state index contributed by atoms with van der Waals surface area (Å²) >= 11 is 0. The van der Waals surface area contributed by atoms with E-state index in [2.05, 4.69) is 62.3 Å². The van der Waals surface area contributed by atoms with E-state index in [4.69, 9.17) is 0 Å². The SMILES string of the molecule is CCB1C2C3CC4CC(C)CC(C)CC5CC6CCCCCC3(C)C2(C)CC(C)CC(C)CC6CC5CCCCC(CC)C1(CC)C4. The van der Waals surface area contributed by atoms with Gasteiger partial charge in [-0.1, -0.05) is 145 Å². The molecule has 0 nitrogen and oxygen atoms in total. The Hall–Kier alpha value is 0.0649. The Labute approximate surface area is 296 Å². The lowest BCUT2D eigenvalue weighted by Crippen LogP contribution is -2.65. The first-order chi connectivity index (χ1) is 22.5. The van der Waals surface area contributed by atoms with Gasteiger partial charge in [-0.15, -0.1) is 0 Å². The second-order valence-corrected chi connectivity index (χ2v) is 21.2. The van der Waals surface area contributed by atoms with E-state index in [-0.39, 0.29) is 0 Å². The molecule has 0 aromatic carbocycles. The zero-order valence-corrected chi connectivity index (χ0v) is 33.6. The molecule has 5 fully saturated rings. The highest BCUT2D eigenvalue weighted by atomic mass is 14.7. The van der Waals surface area contributed by atoms with Gasteiger partial charge in [-0.05, 0) is 145 Å². The fourth-order valence-corrected chi connectivity index (χ4v) is 16.7. The Morgan fingerprint density at radius 3 is 1.77 bits per heavy atom. The molecule has 0 amide bonds. The summed E-state index contributed by atoms with van der Waals surface area (Å²) in [5.74, 6) is 11.5. The summed E-state index contributed by atoms with van der Waals surface area (Å²) in [5.41, 5.74) is 1.05. The van der Waals surface area contributed by atoms with E-state index in [1.807, 2.05) is 0 Å². The first-order valence-corrected chi connectivity index (χ1v) is 22.5. The van der Waals surface area contributed by atoms with Gasteiger partial charge in [0.2, 0.25) is 0 Å². The smallest absolute Gasteiger partial charge is 0.0763 e. The molecule has 15 unspecified atom stereocenters. The Balaban J connectivity index is 1.53. The fraction of sp³-hybridized carbons (Fsp3) is 1.00. The Morgan fingerprint density at radius 2 is 1.15 bits per heavy atom. The van der Waals surface area contributed by atoms with Gasteiger partial charge in [-0.25, -0.2) is 0 Å². The van der Waals surface area contributed by atoms with Crippen LogP contribution in [0.1, 0.15) is 197 Å². The molecule has 47 heavy (non-hydrogen) atoms. The molecule has 15 atom stereocenters. The van der Waals surface area contributed by atoms with Crippen molar-refractivity contribution in [3.05, 3.63) is 0 Å². The van der Waals surface area contributed by atoms with Gasteiger partial charge in [0.25, 0.3) is 0 Å². The molecular formula is C46H83B. The predicted octanol–water partition coefficient (Wildman–Crippen LogP) is 14.8. The summed E-state index contributed by atoms with van der Waals surface area (Å²) in [6, 6.07) is 0. The van der Waals surface area contributed by atoms with Crippen molar-refractivity contribution in [1.29, 1.82) is 0 Å². The summed E-state index contributed by atoms with van der Waals surface area (Å²) in [5, 5.41) is 0.556. The maximum absolute atomic E-state index is 2.91. The van der Waals surface area contributed by atoms with E-state index in [9.17, 15) is 0 Å². The van der Waals surface area contributed by atoms with Crippen LogP contribution in [-0.2, 0) is 0 Å². The highest BCUT2D eigenvalue weighted by molar-refractivity contribution is 6.64. The largest absolute Gasteiger partial charge is 0.150 e. The zero-order valence-electron chi connectivity index (χ0n) is 33.6. The van der Waals surface area contributed by atoms with Crippen molar-refractivity contribution in [2.24, 2.45) is 75.9 Å². The van der Waals surface area contributed by atoms with Crippen molar-refractivity contribution in [3.63, 3.8) is 0 Å². The summed E-state index contributed by atoms with van der Waals surface area (Å²) in [4.78, 5) is 0. The van der Waals surface area contributed by atoms with Crippen LogP contribution in [0.4, 0.5) is 0 Å². The minimum Gasteiger partial charge on any atom is -0.0763 e. The van der Waals surface area contributed by atoms with Crippen molar-refractivity contribution >= 4 is 6.71 Å². The lowest BCUT2D eigenvalue weighted by Gasteiger charge is -2.72. The van der Waals surface area contributed by atoms with Gasteiger partial charge in [0.15, 0.2) is 6.71 Å². The van der Waals surface area contributed by atoms with Crippen molar-refractivity contribution in [3.8, 4) is 0 Å². The molecule has 0 N–H and O–H groups in total. The van der Waals surface area contributed by atoms with Crippen molar-refractivity contribution in [2.45, 2.75) is 215 Å². The first kappa shape index (κ1) is 36.8. The van der Waals surface area contributed by atoms with E-state index < -0.39 is 0 Å². The molecule has 0 spiro atoms. The van der Waals surface area contributed by atoms with Gasteiger partial charge < -0.3 is 0 Å². The molecule has 2 bridgehead atoms. The third kappa shape index (κ3) is 6.87. The van der Waals surface area contributed by atoms with E-state index in [0.717, 1.165) is 77.6 Å². The third-order valence-electron chi connectivity index (χ3n) is 18.3. The summed E-state index contributed by atoms with van der Waals surface area (Å²) in [6.07, 6.45) is 33.5. The van der Waals surface area contributed by atoms with Crippen LogP contribution in [0, 0.1) is 75.9 Å². The highest BCUT2D eigenvalue weighted by Gasteiger charge is 2.71. The molecule has 1 heterocycles. The molecule has 1 heteroatoms. The normalized spacial score (nSPS) is 51.6. The zero-order chi connectivity index (χ0) is 33.6. The van der Waals surface area contributed by atoms with Crippen LogP contribution in [0.15, 0.2) is 0 Å². The van der Waals surface area contributed by atoms with Gasteiger partial charge in [0.1, 0.15) is 0 Å². The maximum atomic E-state index is 2.91. The maximum Gasteiger partial charge on any atom is 0.150 e. The van der Waals surface area contributed by atoms with Gasteiger partial charge >= 0.3 is 0 Å². The Morgan fingerprint density at radius 1 is 0.553 bits per heavy atom. The topological polar surface area (TPSA) is 0 Å². The Kier molecular flexibility index (Phi) is 11.7. The van der Waals surface area contributed by atoms with Crippen LogP contribution in [0.5, 0.6) is 0 Å². The van der Waals surface area contributed by atoms with Crippen molar-refractivity contribution in [2.75, 3.05) is 0 Å². The number of fused-ring (bicyclic) bond motifs is 8. The standard InChI is InChI=1S/C46H83B/c1-10-41-20-16-15-19-38-29-40-26-34(6)23-35(7)30-45(9)43-42-27-36(31-46(41,11-2)47(43)12-3)24-32(4)22-33(5)25-39(38)28-37(40)18-14-13-17-21-44(42,45)8/h32-43H,10-31H2,1-9H3. The number of hydrogen-bond acceptors (Lipinski definition) is 0. The van der Waals surface area contributed by atoms with E-state index >= 15 is 0 Å². The average molecular weight is 647 g/mol. The van der Waals surface area contributed by atoms with Crippen molar-refractivity contribution < 1.29 is 0 Å². The minimum atomic E-state index is 0.512. The molecule has 0 aromatic heterocycles. The molecule has 4 aliphatic carbocycles. The molecule has 0 aromatic rings. The molecule has 5 aliphatic rings. The van der Waals surface area contributed by atoms with Crippen LogP contribution >= 0.6 is 0 Å². The fourth-order valence-electron chi connectivity index (χ4n) is 16.7. The minimum absolute atomic E-state index is 0.512. The predicted molar refractivity (Wildman–Crippen MR) is 208 cm³/mol. The molecule has 0 radical (unpaired) electrons. The molecule has 4 saturated carbocycles. The summed E-state index contributed by atoms with van der Waals surface area (Å²) in [7, 11) is 0. The number of rotatable bonds is 3. The second kappa shape index (κ2) is 15.0. The summed E-state index contributed by atoms with van der Waals surface area (Å²) < 4.78 is 0. The van der Waals surface area contributed by atoms with Crippen LogP contribution in [-0.4, -0.2) is 6.71 Å². The van der Waals surface area contributed by atoms with E-state index in [1.165, 1.54) is 89.8 Å². The highest BCUT2D eigenvalue weighted by Crippen LogP contribution is 2.79.